The molecule has 0 aromatic rings. The third-order valence-corrected chi connectivity index (χ3v) is 4.69. The van der Waals surface area contributed by atoms with E-state index in [1.807, 2.05) is 0 Å². The quantitative estimate of drug-likeness (QED) is 0.711. The van der Waals surface area contributed by atoms with Gasteiger partial charge in [0.1, 0.15) is 0 Å². The number of rotatable bonds is 7. The Morgan fingerprint density at radius 1 is 1.50 bits per heavy atom. The Labute approximate surface area is 104 Å². The summed E-state index contributed by atoms with van der Waals surface area (Å²) in [6.45, 7) is 0.627. The van der Waals surface area contributed by atoms with Crippen molar-refractivity contribution in [2.75, 3.05) is 33.1 Å². The zero-order valence-electron chi connectivity index (χ0n) is 9.76. The van der Waals surface area contributed by atoms with Crippen LogP contribution in [0.15, 0.2) is 0 Å². The number of sulfonamides is 1. The Morgan fingerprint density at radius 3 is 2.44 bits per heavy atom. The van der Waals surface area contributed by atoms with Crippen LogP contribution in [0.2, 0.25) is 0 Å². The average molecular weight is 273 g/mol. The van der Waals surface area contributed by atoms with Crippen LogP contribution in [0.1, 0.15) is 12.8 Å². The van der Waals surface area contributed by atoms with Crippen LogP contribution in [-0.2, 0) is 14.8 Å². The summed E-state index contributed by atoms with van der Waals surface area (Å²) in [7, 11) is -0.102. The fourth-order valence-electron chi connectivity index (χ4n) is 1.66. The average Bonchev–Trinajstić information content (AvgIpc) is 3.00. The Kier molecular flexibility index (Phi) is 6.81. The Hall–Kier alpha value is 0.120. The molecular formula is C9H21ClN2O3S. The highest BCUT2D eigenvalue weighted by Crippen LogP contribution is 2.35. The van der Waals surface area contributed by atoms with Gasteiger partial charge in [-0.2, -0.15) is 0 Å². The van der Waals surface area contributed by atoms with Gasteiger partial charge in [-0.15, -0.1) is 12.4 Å². The standard InChI is InChI=1S/C9H20N2O3S.ClH/c1-11(9(7-10)8-3-4-8)15(12,13)6-5-14-2;/h8-9H,3-7,10H2,1-2H3;1H. The number of methoxy groups -OCH3 is 1. The van der Waals surface area contributed by atoms with Crippen molar-refractivity contribution in [3.8, 4) is 0 Å². The van der Waals surface area contributed by atoms with Gasteiger partial charge in [-0.25, -0.2) is 12.7 Å². The molecule has 0 radical (unpaired) electrons. The Balaban J connectivity index is 0.00000225. The highest BCUT2D eigenvalue weighted by atomic mass is 35.5. The lowest BCUT2D eigenvalue weighted by Crippen LogP contribution is -2.44. The maximum Gasteiger partial charge on any atom is 0.216 e. The van der Waals surface area contributed by atoms with Gasteiger partial charge in [0.15, 0.2) is 0 Å². The largest absolute Gasteiger partial charge is 0.384 e. The smallest absolute Gasteiger partial charge is 0.216 e. The molecule has 1 aliphatic carbocycles. The summed E-state index contributed by atoms with van der Waals surface area (Å²) in [6, 6.07) is -0.0353. The van der Waals surface area contributed by atoms with Crippen molar-refractivity contribution in [1.82, 2.24) is 4.31 Å². The molecule has 98 valence electrons. The van der Waals surface area contributed by atoms with Gasteiger partial charge in [-0.1, -0.05) is 0 Å². The van der Waals surface area contributed by atoms with E-state index in [1.165, 1.54) is 11.4 Å². The fraction of sp³-hybridized carbons (Fsp3) is 1.00. The predicted octanol–water partition coefficient (Wildman–Crippen LogP) is 0.0535. The lowest BCUT2D eigenvalue weighted by molar-refractivity contribution is 0.214. The van der Waals surface area contributed by atoms with Crippen molar-refractivity contribution in [3.63, 3.8) is 0 Å². The van der Waals surface area contributed by atoms with Gasteiger partial charge in [0, 0.05) is 26.7 Å². The van der Waals surface area contributed by atoms with E-state index >= 15 is 0 Å². The second-order valence-corrected chi connectivity index (χ2v) is 6.11. The lowest BCUT2D eigenvalue weighted by atomic mass is 10.2. The minimum absolute atomic E-state index is 0. The van der Waals surface area contributed by atoms with Crippen LogP contribution in [0.4, 0.5) is 0 Å². The number of ether oxygens (including phenoxy) is 1. The molecule has 0 aliphatic heterocycles. The van der Waals surface area contributed by atoms with Crippen LogP contribution in [0.3, 0.4) is 0 Å². The van der Waals surface area contributed by atoms with Crippen molar-refractivity contribution < 1.29 is 13.2 Å². The second kappa shape index (κ2) is 6.76. The molecular weight excluding hydrogens is 252 g/mol. The minimum Gasteiger partial charge on any atom is -0.384 e. The number of hydrogen-bond donors (Lipinski definition) is 1. The zero-order chi connectivity index (χ0) is 11.5. The van der Waals surface area contributed by atoms with E-state index in [4.69, 9.17) is 10.5 Å². The molecule has 1 atom stereocenters. The van der Waals surface area contributed by atoms with E-state index in [9.17, 15) is 8.42 Å². The first-order valence-electron chi connectivity index (χ1n) is 5.17. The van der Waals surface area contributed by atoms with E-state index in [0.29, 0.717) is 12.5 Å². The van der Waals surface area contributed by atoms with Crippen LogP contribution >= 0.6 is 12.4 Å². The molecule has 0 aromatic heterocycles. The van der Waals surface area contributed by atoms with Gasteiger partial charge in [0.2, 0.25) is 10.0 Å². The third kappa shape index (κ3) is 4.18. The van der Waals surface area contributed by atoms with Gasteiger partial charge < -0.3 is 10.5 Å². The monoisotopic (exact) mass is 272 g/mol. The molecule has 1 fully saturated rings. The van der Waals surface area contributed by atoms with Crippen LogP contribution < -0.4 is 5.73 Å². The third-order valence-electron chi connectivity index (χ3n) is 2.86. The SMILES string of the molecule is COCCS(=O)(=O)N(C)C(CN)C1CC1.Cl. The first kappa shape index (κ1) is 16.1. The summed E-state index contributed by atoms with van der Waals surface area (Å²) in [5.74, 6) is 0.487. The van der Waals surface area contributed by atoms with Gasteiger partial charge in [-0.05, 0) is 18.8 Å². The van der Waals surface area contributed by atoms with Gasteiger partial charge >= 0.3 is 0 Å². The lowest BCUT2D eigenvalue weighted by Gasteiger charge is -2.26. The normalized spacial score (nSPS) is 18.2. The maximum absolute atomic E-state index is 11.8. The molecule has 1 unspecified atom stereocenters. The van der Waals surface area contributed by atoms with Crippen molar-refractivity contribution in [3.05, 3.63) is 0 Å². The number of nitrogens with two attached hydrogens (primary N) is 1. The minimum atomic E-state index is -3.21. The highest BCUT2D eigenvalue weighted by Gasteiger charge is 2.37. The number of nitrogens with zero attached hydrogens (tertiary/aromatic N) is 1. The highest BCUT2D eigenvalue weighted by molar-refractivity contribution is 7.89. The molecule has 0 amide bonds. The summed E-state index contributed by atoms with van der Waals surface area (Å²) in [5.41, 5.74) is 5.60. The van der Waals surface area contributed by atoms with Gasteiger partial charge in [0.05, 0.1) is 12.4 Å². The summed E-state index contributed by atoms with van der Waals surface area (Å²) in [5, 5.41) is 0. The second-order valence-electron chi connectivity index (χ2n) is 3.97. The van der Waals surface area contributed by atoms with Crippen LogP contribution in [0, 0.1) is 5.92 Å². The Morgan fingerprint density at radius 2 is 2.06 bits per heavy atom. The van der Waals surface area contributed by atoms with Crippen molar-refractivity contribution in [1.29, 1.82) is 0 Å². The summed E-state index contributed by atoms with van der Waals surface area (Å²) >= 11 is 0. The summed E-state index contributed by atoms with van der Waals surface area (Å²) < 4.78 is 29.8. The van der Waals surface area contributed by atoms with Crippen molar-refractivity contribution in [2.45, 2.75) is 18.9 Å². The zero-order valence-corrected chi connectivity index (χ0v) is 11.4. The first-order valence-corrected chi connectivity index (χ1v) is 6.78. The Bertz CT molecular complexity index is 293. The van der Waals surface area contributed by atoms with E-state index < -0.39 is 10.0 Å². The topological polar surface area (TPSA) is 72.6 Å². The molecule has 1 aliphatic rings. The van der Waals surface area contributed by atoms with Crippen LogP contribution in [0.25, 0.3) is 0 Å². The molecule has 0 saturated heterocycles. The van der Waals surface area contributed by atoms with Crippen molar-refractivity contribution in [2.24, 2.45) is 11.7 Å². The maximum atomic E-state index is 11.8. The molecule has 2 N–H and O–H groups in total. The molecule has 1 saturated carbocycles. The molecule has 0 spiro atoms. The molecule has 5 nitrogen and oxygen atoms in total. The first-order chi connectivity index (χ1) is 7.03. The molecule has 16 heavy (non-hydrogen) atoms. The molecule has 0 aromatic carbocycles. The van der Waals surface area contributed by atoms with Crippen molar-refractivity contribution >= 4 is 22.4 Å². The van der Waals surface area contributed by atoms with E-state index in [2.05, 4.69) is 0 Å². The molecule has 1 rings (SSSR count). The van der Waals surface area contributed by atoms with E-state index in [0.717, 1.165) is 12.8 Å². The predicted molar refractivity (Wildman–Crippen MR) is 66.2 cm³/mol. The van der Waals surface area contributed by atoms with Gasteiger partial charge in [0.25, 0.3) is 0 Å². The summed E-state index contributed by atoms with van der Waals surface area (Å²) in [4.78, 5) is 0. The molecule has 7 heteroatoms. The van der Waals surface area contributed by atoms with Gasteiger partial charge in [-0.3, -0.25) is 0 Å². The number of hydrogen-bond acceptors (Lipinski definition) is 4. The number of halogens is 1. The van der Waals surface area contributed by atoms with E-state index in [1.54, 1.807) is 7.05 Å². The van der Waals surface area contributed by atoms with Crippen LogP contribution in [0.5, 0.6) is 0 Å². The molecule has 0 bridgehead atoms. The fourth-order valence-corrected chi connectivity index (χ4v) is 2.99. The number of likely N-dealkylation sites (N-methyl/N-ethyl adjacent to an activating group) is 1. The molecule has 0 heterocycles. The van der Waals surface area contributed by atoms with E-state index in [-0.39, 0.29) is 30.8 Å². The van der Waals surface area contributed by atoms with Crippen LogP contribution in [-0.4, -0.2) is 51.8 Å². The summed E-state index contributed by atoms with van der Waals surface area (Å²) in [6.07, 6.45) is 2.18.